The normalized spacial score (nSPS) is 10.3. The summed E-state index contributed by atoms with van der Waals surface area (Å²) in [6.45, 7) is 0. The molecule has 0 unspecified atom stereocenters. The molecule has 2 aromatic carbocycles. The third-order valence-electron chi connectivity index (χ3n) is 2.95. The van der Waals surface area contributed by atoms with E-state index < -0.39 is 0 Å². The maximum absolute atomic E-state index is 12.4. The molecule has 0 aromatic heterocycles. The van der Waals surface area contributed by atoms with Crippen LogP contribution < -0.4 is 16.0 Å². The molecular formula is C15H15Br2N3O. The number of nitrogens with two attached hydrogens (primary N) is 1. The average Bonchev–Trinajstić information content (AvgIpc) is 2.41. The summed E-state index contributed by atoms with van der Waals surface area (Å²) in [4.78, 5) is 14.4. The molecule has 0 saturated heterocycles. The Morgan fingerprint density at radius 3 is 2.38 bits per heavy atom. The van der Waals surface area contributed by atoms with Gasteiger partial charge in [0.05, 0.1) is 16.9 Å². The van der Waals surface area contributed by atoms with E-state index >= 15 is 0 Å². The molecule has 0 aliphatic carbocycles. The second-order valence-electron chi connectivity index (χ2n) is 4.74. The van der Waals surface area contributed by atoms with Crippen LogP contribution in [0.3, 0.4) is 0 Å². The first-order valence-electron chi connectivity index (χ1n) is 6.21. The minimum absolute atomic E-state index is 0.241. The number of nitrogen functional groups attached to an aromatic ring is 1. The minimum Gasteiger partial charge on any atom is -0.398 e. The number of hydrogen-bond donors (Lipinski definition) is 2. The zero-order valence-corrected chi connectivity index (χ0v) is 14.8. The summed E-state index contributed by atoms with van der Waals surface area (Å²) in [5, 5.41) is 2.91. The number of benzene rings is 2. The highest BCUT2D eigenvalue weighted by Gasteiger charge is 2.13. The molecule has 0 bridgehead atoms. The second kappa shape index (κ2) is 6.49. The fraction of sp³-hybridized carbons (Fsp3) is 0.133. The maximum Gasteiger partial charge on any atom is 0.257 e. The van der Waals surface area contributed by atoms with Crippen LogP contribution in [-0.2, 0) is 0 Å². The van der Waals surface area contributed by atoms with Gasteiger partial charge in [-0.05, 0) is 36.4 Å². The number of halogens is 2. The second-order valence-corrected chi connectivity index (χ2v) is 6.57. The molecular weight excluding hydrogens is 398 g/mol. The molecule has 3 N–H and O–H groups in total. The molecule has 0 fully saturated rings. The minimum atomic E-state index is -0.241. The molecule has 4 nitrogen and oxygen atoms in total. The predicted molar refractivity (Wildman–Crippen MR) is 95.0 cm³/mol. The number of anilines is 3. The van der Waals surface area contributed by atoms with Crippen LogP contribution in [0.1, 0.15) is 10.4 Å². The van der Waals surface area contributed by atoms with Crippen LogP contribution in [0.15, 0.2) is 45.3 Å². The Kier molecular flexibility index (Phi) is 4.90. The van der Waals surface area contributed by atoms with Crippen molar-refractivity contribution in [3.05, 3.63) is 50.9 Å². The lowest BCUT2D eigenvalue weighted by Crippen LogP contribution is -2.17. The van der Waals surface area contributed by atoms with Gasteiger partial charge >= 0.3 is 0 Å². The number of nitrogens with one attached hydrogen (secondary N) is 1. The van der Waals surface area contributed by atoms with Gasteiger partial charge in [0.15, 0.2) is 0 Å². The number of rotatable bonds is 3. The van der Waals surface area contributed by atoms with Crippen molar-refractivity contribution in [1.82, 2.24) is 0 Å². The van der Waals surface area contributed by atoms with E-state index in [1.165, 1.54) is 0 Å². The van der Waals surface area contributed by atoms with Crippen molar-refractivity contribution < 1.29 is 4.79 Å². The molecule has 0 spiro atoms. The summed E-state index contributed by atoms with van der Waals surface area (Å²) in [6.07, 6.45) is 0. The maximum atomic E-state index is 12.4. The van der Waals surface area contributed by atoms with Crippen LogP contribution in [0.2, 0.25) is 0 Å². The molecule has 110 valence electrons. The summed E-state index contributed by atoms with van der Waals surface area (Å²) in [6, 6.07) is 10.9. The first kappa shape index (κ1) is 15.9. The molecule has 0 heterocycles. The molecule has 2 rings (SSSR count). The highest BCUT2D eigenvalue weighted by atomic mass is 79.9. The molecule has 6 heteroatoms. The Morgan fingerprint density at radius 2 is 1.71 bits per heavy atom. The number of nitrogens with zero attached hydrogens (tertiary/aromatic N) is 1. The molecule has 0 atom stereocenters. The Morgan fingerprint density at radius 1 is 1.10 bits per heavy atom. The van der Waals surface area contributed by atoms with Gasteiger partial charge in [-0.1, -0.05) is 31.9 Å². The topological polar surface area (TPSA) is 58.4 Å². The van der Waals surface area contributed by atoms with Gasteiger partial charge in [-0.25, -0.2) is 0 Å². The van der Waals surface area contributed by atoms with Gasteiger partial charge in [0, 0.05) is 28.7 Å². The van der Waals surface area contributed by atoms with E-state index in [-0.39, 0.29) is 5.91 Å². The Labute approximate surface area is 140 Å². The summed E-state index contributed by atoms with van der Waals surface area (Å²) < 4.78 is 1.70. The van der Waals surface area contributed by atoms with Crippen LogP contribution in [0.5, 0.6) is 0 Å². The van der Waals surface area contributed by atoms with E-state index in [4.69, 9.17) is 5.73 Å². The van der Waals surface area contributed by atoms with Crippen LogP contribution >= 0.6 is 31.9 Å². The van der Waals surface area contributed by atoms with Crippen molar-refractivity contribution in [2.45, 2.75) is 0 Å². The van der Waals surface area contributed by atoms with E-state index in [1.807, 2.05) is 37.2 Å². The van der Waals surface area contributed by atoms with Crippen molar-refractivity contribution in [2.75, 3.05) is 30.0 Å². The van der Waals surface area contributed by atoms with Gasteiger partial charge in [0.2, 0.25) is 0 Å². The summed E-state index contributed by atoms with van der Waals surface area (Å²) in [5.74, 6) is -0.241. The van der Waals surface area contributed by atoms with Crippen LogP contribution in [-0.4, -0.2) is 20.0 Å². The third kappa shape index (κ3) is 3.77. The van der Waals surface area contributed by atoms with Gasteiger partial charge in [0.25, 0.3) is 5.91 Å². The van der Waals surface area contributed by atoms with Gasteiger partial charge in [-0.3, -0.25) is 4.79 Å². The van der Waals surface area contributed by atoms with Gasteiger partial charge < -0.3 is 16.0 Å². The van der Waals surface area contributed by atoms with Gasteiger partial charge in [0.1, 0.15) is 0 Å². The molecule has 0 radical (unpaired) electrons. The molecule has 21 heavy (non-hydrogen) atoms. The quantitative estimate of drug-likeness (QED) is 0.745. The van der Waals surface area contributed by atoms with E-state index in [9.17, 15) is 4.79 Å². The number of amides is 1. The van der Waals surface area contributed by atoms with Gasteiger partial charge in [-0.15, -0.1) is 0 Å². The lowest BCUT2D eigenvalue weighted by atomic mass is 10.1. The monoisotopic (exact) mass is 411 g/mol. The summed E-state index contributed by atoms with van der Waals surface area (Å²) in [5.41, 5.74) is 8.39. The lowest BCUT2D eigenvalue weighted by Gasteiger charge is -2.18. The standard InChI is InChI=1S/C15H15Br2N3O/c1-20(2)14-6-4-10(17)8-13(14)19-15(21)11-7-9(16)3-5-12(11)18/h3-8H,18H2,1-2H3,(H,19,21). The fourth-order valence-electron chi connectivity index (χ4n) is 1.91. The Hall–Kier alpha value is -1.53. The van der Waals surface area contributed by atoms with Crippen LogP contribution in [0.4, 0.5) is 17.1 Å². The van der Waals surface area contributed by atoms with Crippen LogP contribution in [0, 0.1) is 0 Å². The van der Waals surface area contributed by atoms with E-state index in [0.29, 0.717) is 11.3 Å². The number of carbonyl (C=O) groups is 1. The third-order valence-corrected chi connectivity index (χ3v) is 3.94. The zero-order chi connectivity index (χ0) is 15.6. The largest absolute Gasteiger partial charge is 0.398 e. The Bertz CT molecular complexity index is 687. The van der Waals surface area contributed by atoms with E-state index in [2.05, 4.69) is 37.2 Å². The molecule has 2 aromatic rings. The van der Waals surface area contributed by atoms with Gasteiger partial charge in [-0.2, -0.15) is 0 Å². The Balaban J connectivity index is 2.35. The highest BCUT2D eigenvalue weighted by molar-refractivity contribution is 9.10. The molecule has 1 amide bonds. The fourth-order valence-corrected chi connectivity index (χ4v) is 2.64. The SMILES string of the molecule is CN(C)c1ccc(Br)cc1NC(=O)c1cc(Br)ccc1N. The number of carbonyl (C=O) groups excluding carboxylic acids is 1. The number of hydrogen-bond acceptors (Lipinski definition) is 3. The summed E-state index contributed by atoms with van der Waals surface area (Å²) in [7, 11) is 3.85. The predicted octanol–water partition coefficient (Wildman–Crippen LogP) is 4.11. The van der Waals surface area contributed by atoms with Crippen molar-refractivity contribution in [1.29, 1.82) is 0 Å². The molecule has 0 aliphatic heterocycles. The first-order chi connectivity index (χ1) is 9.88. The van der Waals surface area contributed by atoms with E-state index in [0.717, 1.165) is 20.3 Å². The van der Waals surface area contributed by atoms with Crippen molar-refractivity contribution in [3.63, 3.8) is 0 Å². The molecule has 0 saturated carbocycles. The average molecular weight is 413 g/mol. The molecule has 0 aliphatic rings. The van der Waals surface area contributed by atoms with E-state index in [1.54, 1.807) is 18.2 Å². The van der Waals surface area contributed by atoms with Crippen LogP contribution in [0.25, 0.3) is 0 Å². The first-order valence-corrected chi connectivity index (χ1v) is 7.80. The lowest BCUT2D eigenvalue weighted by molar-refractivity contribution is 0.102. The van der Waals surface area contributed by atoms with Crippen molar-refractivity contribution >= 4 is 54.8 Å². The van der Waals surface area contributed by atoms with Crippen molar-refractivity contribution in [2.24, 2.45) is 0 Å². The zero-order valence-electron chi connectivity index (χ0n) is 11.7. The highest BCUT2D eigenvalue weighted by Crippen LogP contribution is 2.29. The summed E-state index contributed by atoms with van der Waals surface area (Å²) >= 11 is 6.76. The van der Waals surface area contributed by atoms with Crippen molar-refractivity contribution in [3.8, 4) is 0 Å². The smallest absolute Gasteiger partial charge is 0.257 e.